The molecule has 0 fully saturated rings. The Kier molecular flexibility index (Phi) is 3.97. The monoisotopic (exact) mass is 286 g/mol. The first-order valence-electron chi connectivity index (χ1n) is 7.00. The Bertz CT molecular complexity index is 590. The number of aliphatic hydroxyl groups is 1. The summed E-state index contributed by atoms with van der Waals surface area (Å²) in [5, 5.41) is 19.1. The van der Waals surface area contributed by atoms with Crippen LogP contribution in [0.15, 0.2) is 48.5 Å². The van der Waals surface area contributed by atoms with Crippen molar-refractivity contribution in [1.82, 2.24) is 0 Å². The van der Waals surface area contributed by atoms with E-state index in [9.17, 15) is 10.2 Å². The maximum absolute atomic E-state index is 9.66. The van der Waals surface area contributed by atoms with Gasteiger partial charge in [0.25, 0.3) is 0 Å². The number of hydrogen-bond acceptors (Lipinski definition) is 3. The molecule has 21 heavy (non-hydrogen) atoms. The van der Waals surface area contributed by atoms with Crippen LogP contribution in [0.3, 0.4) is 0 Å². The highest BCUT2D eigenvalue weighted by atomic mass is 16.6. The van der Waals surface area contributed by atoms with Crippen molar-refractivity contribution in [3.8, 4) is 11.5 Å². The van der Waals surface area contributed by atoms with Gasteiger partial charge in [0.05, 0.1) is 0 Å². The van der Waals surface area contributed by atoms with Gasteiger partial charge in [-0.05, 0) is 35.4 Å². The fourth-order valence-corrected chi connectivity index (χ4v) is 2.27. The Morgan fingerprint density at radius 3 is 1.62 bits per heavy atom. The van der Waals surface area contributed by atoms with Gasteiger partial charge < -0.3 is 14.9 Å². The van der Waals surface area contributed by atoms with Gasteiger partial charge in [-0.15, -0.1) is 0 Å². The number of ether oxygens (including phenoxy) is 1. The second-order valence-electron chi connectivity index (χ2n) is 6.25. The minimum absolute atomic E-state index is 0.180. The minimum Gasteiger partial charge on any atom is -0.508 e. The van der Waals surface area contributed by atoms with Crippen LogP contribution in [0.2, 0.25) is 0 Å². The topological polar surface area (TPSA) is 49.7 Å². The molecular formula is C18H22O3. The maximum Gasteiger partial charge on any atom is 0.202 e. The highest BCUT2D eigenvalue weighted by molar-refractivity contribution is 5.41. The highest BCUT2D eigenvalue weighted by Gasteiger charge is 2.23. The van der Waals surface area contributed by atoms with Crippen molar-refractivity contribution in [3.05, 3.63) is 59.7 Å². The van der Waals surface area contributed by atoms with E-state index in [-0.39, 0.29) is 11.2 Å². The molecule has 0 aliphatic rings. The van der Waals surface area contributed by atoms with Crippen LogP contribution in [-0.4, -0.2) is 16.0 Å². The molecule has 0 heterocycles. The number of phenolic OH excluding ortho intramolecular Hbond substituents is 1. The predicted molar refractivity (Wildman–Crippen MR) is 83.6 cm³/mol. The molecule has 2 rings (SSSR count). The highest BCUT2D eigenvalue weighted by Crippen LogP contribution is 2.33. The molecule has 0 aliphatic heterocycles. The molecule has 0 saturated carbocycles. The predicted octanol–water partition coefficient (Wildman–Crippen LogP) is 3.83. The third-order valence-electron chi connectivity index (χ3n) is 3.53. The summed E-state index contributed by atoms with van der Waals surface area (Å²) in [7, 11) is 0. The summed E-state index contributed by atoms with van der Waals surface area (Å²) in [6.45, 7) is 7.46. The van der Waals surface area contributed by atoms with Crippen LogP contribution in [0.4, 0.5) is 0 Å². The van der Waals surface area contributed by atoms with Gasteiger partial charge in [0.2, 0.25) is 5.79 Å². The van der Waals surface area contributed by atoms with E-state index in [1.165, 1.54) is 0 Å². The van der Waals surface area contributed by atoms with Crippen LogP contribution in [-0.2, 0) is 5.41 Å². The fraction of sp³-hybridized carbons (Fsp3) is 0.333. The molecule has 0 aliphatic carbocycles. The van der Waals surface area contributed by atoms with E-state index in [4.69, 9.17) is 4.74 Å². The van der Waals surface area contributed by atoms with E-state index < -0.39 is 5.79 Å². The molecule has 0 saturated heterocycles. The molecule has 0 unspecified atom stereocenters. The van der Waals surface area contributed by atoms with Crippen molar-refractivity contribution in [2.75, 3.05) is 0 Å². The Morgan fingerprint density at radius 1 is 0.762 bits per heavy atom. The summed E-state index contributed by atoms with van der Waals surface area (Å²) in [6.07, 6.45) is 0. The molecule has 2 aromatic rings. The first-order chi connectivity index (χ1) is 9.68. The van der Waals surface area contributed by atoms with E-state index in [1.54, 1.807) is 26.0 Å². The minimum atomic E-state index is -1.19. The molecule has 0 bridgehead atoms. The quantitative estimate of drug-likeness (QED) is 0.840. The Labute approximate surface area is 125 Å². The first-order valence-corrected chi connectivity index (χ1v) is 7.00. The van der Waals surface area contributed by atoms with Crippen LogP contribution >= 0.6 is 0 Å². The lowest BCUT2D eigenvalue weighted by molar-refractivity contribution is -0.104. The molecule has 112 valence electrons. The molecule has 0 spiro atoms. The molecule has 3 nitrogen and oxygen atoms in total. The van der Waals surface area contributed by atoms with Gasteiger partial charge in [0.1, 0.15) is 11.5 Å². The van der Waals surface area contributed by atoms with E-state index in [0.29, 0.717) is 5.75 Å². The molecule has 0 aromatic heterocycles. The fourth-order valence-electron chi connectivity index (χ4n) is 2.27. The second-order valence-corrected chi connectivity index (χ2v) is 6.25. The Hall–Kier alpha value is -2.00. The Morgan fingerprint density at radius 2 is 1.19 bits per heavy atom. The van der Waals surface area contributed by atoms with E-state index in [2.05, 4.69) is 13.8 Å². The number of hydrogen-bond donors (Lipinski definition) is 2. The van der Waals surface area contributed by atoms with Crippen molar-refractivity contribution >= 4 is 0 Å². The van der Waals surface area contributed by atoms with Crippen molar-refractivity contribution in [3.63, 3.8) is 0 Å². The van der Waals surface area contributed by atoms with Gasteiger partial charge in [0, 0.05) is 19.3 Å². The standard InChI is InChI=1S/C18H22O3/c1-17(2,13-5-9-15(19)10-6-13)14-7-11-16(12-8-14)21-18(3,4)20/h5-12,19-20H,1-4H3. The lowest BCUT2D eigenvalue weighted by Crippen LogP contribution is -2.27. The third-order valence-corrected chi connectivity index (χ3v) is 3.53. The summed E-state index contributed by atoms with van der Waals surface area (Å²) < 4.78 is 5.41. The molecule has 2 aromatic carbocycles. The van der Waals surface area contributed by atoms with Crippen LogP contribution < -0.4 is 4.74 Å². The zero-order valence-electron chi connectivity index (χ0n) is 12.9. The largest absolute Gasteiger partial charge is 0.508 e. The number of aromatic hydroxyl groups is 1. The van der Waals surface area contributed by atoms with E-state index in [1.807, 2.05) is 36.4 Å². The number of phenols is 1. The van der Waals surface area contributed by atoms with Gasteiger partial charge in [-0.25, -0.2) is 0 Å². The van der Waals surface area contributed by atoms with Crippen LogP contribution in [0.1, 0.15) is 38.8 Å². The van der Waals surface area contributed by atoms with Crippen LogP contribution in [0.5, 0.6) is 11.5 Å². The summed E-state index contributed by atoms with van der Waals surface area (Å²) >= 11 is 0. The maximum atomic E-state index is 9.66. The zero-order chi connectivity index (χ0) is 15.7. The van der Waals surface area contributed by atoms with Crippen molar-refractivity contribution in [2.24, 2.45) is 0 Å². The average molecular weight is 286 g/mol. The Balaban J connectivity index is 2.26. The average Bonchev–Trinajstić information content (AvgIpc) is 2.38. The normalized spacial score (nSPS) is 12.2. The summed E-state index contributed by atoms with van der Waals surface area (Å²) in [6, 6.07) is 15.0. The number of rotatable bonds is 4. The lowest BCUT2D eigenvalue weighted by atomic mass is 9.78. The zero-order valence-corrected chi connectivity index (χ0v) is 12.9. The summed E-state index contributed by atoms with van der Waals surface area (Å²) in [5.74, 6) is -0.287. The molecule has 2 N–H and O–H groups in total. The van der Waals surface area contributed by atoms with Gasteiger partial charge in [-0.1, -0.05) is 38.1 Å². The van der Waals surface area contributed by atoms with Crippen LogP contribution in [0.25, 0.3) is 0 Å². The van der Waals surface area contributed by atoms with Gasteiger partial charge in [-0.2, -0.15) is 0 Å². The molecule has 0 amide bonds. The van der Waals surface area contributed by atoms with E-state index in [0.717, 1.165) is 11.1 Å². The van der Waals surface area contributed by atoms with Crippen LogP contribution in [0, 0.1) is 0 Å². The van der Waals surface area contributed by atoms with Crippen molar-refractivity contribution in [2.45, 2.75) is 38.9 Å². The smallest absolute Gasteiger partial charge is 0.202 e. The van der Waals surface area contributed by atoms with Crippen molar-refractivity contribution < 1.29 is 14.9 Å². The second kappa shape index (κ2) is 5.41. The van der Waals surface area contributed by atoms with Gasteiger partial charge in [0.15, 0.2) is 0 Å². The molecule has 0 atom stereocenters. The third kappa shape index (κ3) is 3.76. The summed E-state index contributed by atoms with van der Waals surface area (Å²) in [5.41, 5.74) is 2.08. The molecule has 3 heteroatoms. The molecular weight excluding hydrogens is 264 g/mol. The SMILES string of the molecule is CC(C)(O)Oc1ccc(C(C)(C)c2ccc(O)cc2)cc1. The van der Waals surface area contributed by atoms with Gasteiger partial charge in [-0.3, -0.25) is 0 Å². The molecule has 0 radical (unpaired) electrons. The van der Waals surface area contributed by atoms with E-state index >= 15 is 0 Å². The van der Waals surface area contributed by atoms with Gasteiger partial charge >= 0.3 is 0 Å². The lowest BCUT2D eigenvalue weighted by Gasteiger charge is -2.27. The van der Waals surface area contributed by atoms with Crippen molar-refractivity contribution in [1.29, 1.82) is 0 Å². The number of benzene rings is 2. The summed E-state index contributed by atoms with van der Waals surface area (Å²) in [4.78, 5) is 0. The first kappa shape index (κ1) is 15.4.